The molecule has 0 aliphatic heterocycles. The van der Waals surface area contributed by atoms with Crippen LogP contribution in [-0.2, 0) is 12.8 Å². The number of carbonyl (C=O) groups is 1. The smallest absolute Gasteiger partial charge is 0.258 e. The van der Waals surface area contributed by atoms with Crippen molar-refractivity contribution in [1.82, 2.24) is 0 Å². The first-order valence-corrected chi connectivity index (χ1v) is 7.20. The maximum atomic E-state index is 12.6. The van der Waals surface area contributed by atoms with Crippen molar-refractivity contribution >= 4 is 11.6 Å². The van der Waals surface area contributed by atoms with Crippen LogP contribution >= 0.6 is 0 Å². The van der Waals surface area contributed by atoms with Crippen LogP contribution in [0.4, 0.5) is 5.69 Å². The van der Waals surface area contributed by atoms with E-state index in [1.54, 1.807) is 4.90 Å². The van der Waals surface area contributed by atoms with Crippen LogP contribution in [0.3, 0.4) is 0 Å². The molecule has 1 aliphatic carbocycles. The maximum Gasteiger partial charge on any atom is 0.258 e. The van der Waals surface area contributed by atoms with E-state index in [9.17, 15) is 4.79 Å². The summed E-state index contributed by atoms with van der Waals surface area (Å²) in [6.45, 7) is 0. The number of hydrogen-bond acceptors (Lipinski definition) is 1. The molecule has 0 heterocycles. The van der Waals surface area contributed by atoms with Crippen LogP contribution in [-0.4, -0.2) is 13.0 Å². The fourth-order valence-electron chi connectivity index (χ4n) is 2.83. The zero-order valence-corrected chi connectivity index (χ0v) is 11.8. The molecular formula is C18H19NO. The van der Waals surface area contributed by atoms with Crippen molar-refractivity contribution in [2.45, 2.75) is 25.7 Å². The molecule has 2 heteroatoms. The van der Waals surface area contributed by atoms with Crippen LogP contribution in [0.5, 0.6) is 0 Å². The molecule has 0 aromatic heterocycles. The number of anilines is 1. The van der Waals surface area contributed by atoms with Gasteiger partial charge in [0.05, 0.1) is 0 Å². The normalized spacial score (nSPS) is 13.7. The van der Waals surface area contributed by atoms with Gasteiger partial charge in [-0.3, -0.25) is 4.79 Å². The highest BCUT2D eigenvalue weighted by atomic mass is 16.2. The average molecular weight is 265 g/mol. The number of para-hydroxylation sites is 1. The van der Waals surface area contributed by atoms with Gasteiger partial charge in [0.15, 0.2) is 0 Å². The van der Waals surface area contributed by atoms with Crippen LogP contribution < -0.4 is 4.90 Å². The third kappa shape index (κ3) is 2.46. The average Bonchev–Trinajstić information content (AvgIpc) is 2.54. The molecule has 102 valence electrons. The molecule has 0 radical (unpaired) electrons. The molecule has 0 N–H and O–H groups in total. The Hall–Kier alpha value is -2.09. The van der Waals surface area contributed by atoms with Crippen molar-refractivity contribution in [2.24, 2.45) is 0 Å². The highest BCUT2D eigenvalue weighted by Crippen LogP contribution is 2.23. The van der Waals surface area contributed by atoms with Gasteiger partial charge in [-0.25, -0.2) is 0 Å². The Labute approximate surface area is 120 Å². The van der Waals surface area contributed by atoms with Crippen molar-refractivity contribution in [3.8, 4) is 0 Å². The van der Waals surface area contributed by atoms with Gasteiger partial charge in [0.1, 0.15) is 0 Å². The fourth-order valence-corrected chi connectivity index (χ4v) is 2.83. The first-order chi connectivity index (χ1) is 9.75. The molecule has 0 fully saturated rings. The molecule has 1 aliphatic rings. The summed E-state index contributed by atoms with van der Waals surface area (Å²) in [5.74, 6) is 0.0598. The van der Waals surface area contributed by atoms with E-state index >= 15 is 0 Å². The molecule has 2 aromatic rings. The number of benzene rings is 2. The van der Waals surface area contributed by atoms with Gasteiger partial charge in [-0.1, -0.05) is 24.3 Å². The number of carbonyl (C=O) groups excluding carboxylic acids is 1. The Bertz CT molecular complexity index is 619. The van der Waals surface area contributed by atoms with Crippen molar-refractivity contribution in [3.05, 3.63) is 65.2 Å². The fraction of sp³-hybridized carbons (Fsp3) is 0.278. The van der Waals surface area contributed by atoms with Crippen molar-refractivity contribution < 1.29 is 4.79 Å². The molecule has 2 aromatic carbocycles. The minimum Gasteiger partial charge on any atom is -0.311 e. The molecule has 0 spiro atoms. The summed E-state index contributed by atoms with van der Waals surface area (Å²) in [4.78, 5) is 14.3. The predicted molar refractivity (Wildman–Crippen MR) is 82.3 cm³/mol. The minimum atomic E-state index is 0.0598. The van der Waals surface area contributed by atoms with Crippen LogP contribution in [0.1, 0.15) is 34.3 Å². The highest BCUT2D eigenvalue weighted by molar-refractivity contribution is 6.05. The first-order valence-electron chi connectivity index (χ1n) is 7.20. The van der Waals surface area contributed by atoms with E-state index in [4.69, 9.17) is 0 Å². The van der Waals surface area contributed by atoms with E-state index < -0.39 is 0 Å². The van der Waals surface area contributed by atoms with Gasteiger partial charge in [0.25, 0.3) is 5.91 Å². The zero-order valence-electron chi connectivity index (χ0n) is 11.8. The molecule has 0 saturated carbocycles. The number of rotatable bonds is 2. The van der Waals surface area contributed by atoms with Crippen molar-refractivity contribution in [3.63, 3.8) is 0 Å². The third-order valence-corrected chi connectivity index (χ3v) is 4.04. The summed E-state index contributed by atoms with van der Waals surface area (Å²) in [5.41, 5.74) is 4.48. The molecule has 0 unspecified atom stereocenters. The number of hydrogen-bond donors (Lipinski definition) is 0. The third-order valence-electron chi connectivity index (χ3n) is 4.04. The summed E-state index contributed by atoms with van der Waals surface area (Å²) >= 11 is 0. The molecule has 3 rings (SSSR count). The molecule has 0 saturated heterocycles. The van der Waals surface area contributed by atoms with Crippen LogP contribution in [0.2, 0.25) is 0 Å². The van der Waals surface area contributed by atoms with Crippen LogP contribution in [0.25, 0.3) is 0 Å². The molecule has 0 bridgehead atoms. The Morgan fingerprint density at radius 3 is 2.40 bits per heavy atom. The zero-order chi connectivity index (χ0) is 13.9. The molecule has 0 atom stereocenters. The van der Waals surface area contributed by atoms with E-state index in [2.05, 4.69) is 12.1 Å². The lowest BCUT2D eigenvalue weighted by molar-refractivity contribution is 0.0993. The minimum absolute atomic E-state index is 0.0598. The van der Waals surface area contributed by atoms with Gasteiger partial charge >= 0.3 is 0 Å². The highest BCUT2D eigenvalue weighted by Gasteiger charge is 2.16. The standard InChI is InChI=1S/C18H19NO/c1-19(17-9-3-2-4-10-17)18(20)16-12-11-14-7-5-6-8-15(14)13-16/h2-4,9-13H,5-8H2,1H3. The summed E-state index contributed by atoms with van der Waals surface area (Å²) in [6.07, 6.45) is 4.76. The van der Waals surface area contributed by atoms with Crippen molar-refractivity contribution in [1.29, 1.82) is 0 Å². The van der Waals surface area contributed by atoms with E-state index in [1.807, 2.05) is 43.4 Å². The number of nitrogens with zero attached hydrogens (tertiary/aromatic N) is 1. The molecule has 1 amide bonds. The lowest BCUT2D eigenvalue weighted by atomic mass is 9.90. The van der Waals surface area contributed by atoms with Crippen molar-refractivity contribution in [2.75, 3.05) is 11.9 Å². The second-order valence-electron chi connectivity index (χ2n) is 5.39. The van der Waals surface area contributed by atoms with Gasteiger partial charge < -0.3 is 4.90 Å². The number of fused-ring (bicyclic) bond motifs is 1. The topological polar surface area (TPSA) is 20.3 Å². The largest absolute Gasteiger partial charge is 0.311 e. The van der Waals surface area contributed by atoms with E-state index in [0.29, 0.717) is 0 Å². The lowest BCUT2D eigenvalue weighted by Crippen LogP contribution is -2.26. The van der Waals surface area contributed by atoms with Gasteiger partial charge in [0.2, 0.25) is 0 Å². The lowest BCUT2D eigenvalue weighted by Gasteiger charge is -2.20. The van der Waals surface area contributed by atoms with Gasteiger partial charge in [-0.05, 0) is 61.1 Å². The van der Waals surface area contributed by atoms with E-state index in [0.717, 1.165) is 24.1 Å². The quantitative estimate of drug-likeness (QED) is 0.808. The predicted octanol–water partition coefficient (Wildman–Crippen LogP) is 3.84. The Kier molecular flexibility index (Phi) is 3.55. The molecule has 20 heavy (non-hydrogen) atoms. The number of amides is 1. The van der Waals surface area contributed by atoms with E-state index in [-0.39, 0.29) is 5.91 Å². The number of aryl methyl sites for hydroxylation is 2. The van der Waals surface area contributed by atoms with Crippen LogP contribution in [0.15, 0.2) is 48.5 Å². The first kappa shape index (κ1) is 12.9. The molecule has 2 nitrogen and oxygen atoms in total. The monoisotopic (exact) mass is 265 g/mol. The van der Waals surface area contributed by atoms with Gasteiger partial charge in [-0.15, -0.1) is 0 Å². The maximum absolute atomic E-state index is 12.6. The summed E-state index contributed by atoms with van der Waals surface area (Å²) in [6, 6.07) is 15.9. The van der Waals surface area contributed by atoms with E-state index in [1.165, 1.54) is 24.0 Å². The second kappa shape index (κ2) is 5.49. The summed E-state index contributed by atoms with van der Waals surface area (Å²) in [7, 11) is 1.83. The second-order valence-corrected chi connectivity index (χ2v) is 5.39. The van der Waals surface area contributed by atoms with Crippen LogP contribution in [0, 0.1) is 0 Å². The van der Waals surface area contributed by atoms with Gasteiger partial charge in [0, 0.05) is 18.3 Å². The molecular weight excluding hydrogens is 246 g/mol. The Morgan fingerprint density at radius 2 is 1.65 bits per heavy atom. The summed E-state index contributed by atoms with van der Waals surface area (Å²) < 4.78 is 0. The SMILES string of the molecule is CN(C(=O)c1ccc2c(c1)CCCC2)c1ccccc1. The Morgan fingerprint density at radius 1 is 0.950 bits per heavy atom. The summed E-state index contributed by atoms with van der Waals surface area (Å²) in [5, 5.41) is 0. The Balaban J connectivity index is 1.87. The van der Waals surface area contributed by atoms with Gasteiger partial charge in [-0.2, -0.15) is 0 Å².